The van der Waals surface area contributed by atoms with E-state index in [4.69, 9.17) is 26.3 Å². The molecular weight excluding hydrogens is 477 g/mol. The second-order valence-corrected chi connectivity index (χ2v) is 9.72. The molecule has 1 fully saturated rings. The van der Waals surface area contributed by atoms with Crippen LogP contribution in [0.1, 0.15) is 29.6 Å². The van der Waals surface area contributed by atoms with Gasteiger partial charge >= 0.3 is 0 Å². The van der Waals surface area contributed by atoms with E-state index in [1.807, 2.05) is 5.38 Å². The van der Waals surface area contributed by atoms with Crippen LogP contribution in [0.15, 0.2) is 40.8 Å². The van der Waals surface area contributed by atoms with Crippen LogP contribution in [0.2, 0.25) is 5.02 Å². The van der Waals surface area contributed by atoms with Gasteiger partial charge in [-0.05, 0) is 51.2 Å². The molecule has 3 aromatic rings. The number of benzene rings is 1. The van der Waals surface area contributed by atoms with Gasteiger partial charge in [0.05, 0.1) is 17.2 Å². The monoisotopic (exact) mass is 499 g/mol. The smallest absolute Gasteiger partial charge is 0.183 e. The van der Waals surface area contributed by atoms with E-state index in [1.165, 1.54) is 29.5 Å². The average Bonchev–Trinajstić information content (AvgIpc) is 3.29. The number of ketones is 1. The molecule has 1 saturated heterocycles. The predicted octanol–water partition coefficient (Wildman–Crippen LogP) is 5.24. The summed E-state index contributed by atoms with van der Waals surface area (Å²) in [6, 6.07) is 6.21. The van der Waals surface area contributed by atoms with Crippen LogP contribution in [0.5, 0.6) is 5.75 Å². The van der Waals surface area contributed by atoms with Crippen LogP contribution in [0.25, 0.3) is 11.4 Å². The van der Waals surface area contributed by atoms with Crippen molar-refractivity contribution < 1.29 is 13.9 Å². The maximum absolute atomic E-state index is 13.4. The lowest BCUT2D eigenvalue weighted by Gasteiger charge is -2.29. The molecule has 0 spiro atoms. The predicted molar refractivity (Wildman–Crippen MR) is 132 cm³/mol. The first kappa shape index (κ1) is 22.9. The van der Waals surface area contributed by atoms with Gasteiger partial charge in [0.25, 0.3) is 0 Å². The third kappa shape index (κ3) is 4.96. The van der Waals surface area contributed by atoms with E-state index in [2.05, 4.69) is 22.2 Å². The molecular formula is C24H23ClFN5O2S. The average molecular weight is 500 g/mol. The number of anilines is 1. The third-order valence-electron chi connectivity index (χ3n) is 5.95. The molecule has 0 radical (unpaired) electrons. The highest BCUT2D eigenvalue weighted by molar-refractivity contribution is 7.14. The molecule has 0 bridgehead atoms. The number of fused-ring (bicyclic) bond motifs is 1. The Morgan fingerprint density at radius 1 is 1.29 bits per heavy atom. The van der Waals surface area contributed by atoms with Crippen LogP contribution in [-0.4, -0.2) is 59.1 Å². The Bertz CT molecular complexity index is 1260. The van der Waals surface area contributed by atoms with Gasteiger partial charge in [-0.1, -0.05) is 11.6 Å². The number of likely N-dealkylation sites (tertiary alicyclic amines) is 1. The maximum atomic E-state index is 13.4. The minimum absolute atomic E-state index is 0.0239. The molecule has 34 heavy (non-hydrogen) atoms. The fourth-order valence-corrected chi connectivity index (χ4v) is 4.99. The summed E-state index contributed by atoms with van der Waals surface area (Å²) in [5.74, 6) is -0.163. The number of halogens is 2. The number of thiazole rings is 1. The van der Waals surface area contributed by atoms with Gasteiger partial charge in [0.15, 0.2) is 10.9 Å². The van der Waals surface area contributed by atoms with E-state index in [-0.39, 0.29) is 23.8 Å². The molecule has 0 aliphatic carbocycles. The van der Waals surface area contributed by atoms with Crippen molar-refractivity contribution in [3.8, 4) is 17.1 Å². The molecule has 5 rings (SSSR count). The minimum atomic E-state index is -0.517. The van der Waals surface area contributed by atoms with E-state index < -0.39 is 5.82 Å². The quantitative estimate of drug-likeness (QED) is 0.499. The van der Waals surface area contributed by atoms with E-state index >= 15 is 0 Å². The van der Waals surface area contributed by atoms with Crippen molar-refractivity contribution in [1.29, 1.82) is 0 Å². The number of hydrogen-bond acceptors (Lipinski definition) is 8. The number of Topliss-reactive ketones (excluding diaryl/α,β-unsaturated/α-hetero) is 1. The van der Waals surface area contributed by atoms with Gasteiger partial charge < -0.3 is 15.0 Å². The Balaban J connectivity index is 1.35. The zero-order valence-electron chi connectivity index (χ0n) is 18.6. The summed E-state index contributed by atoms with van der Waals surface area (Å²) in [4.78, 5) is 29.1. The van der Waals surface area contributed by atoms with Gasteiger partial charge in [-0.25, -0.2) is 9.37 Å². The summed E-state index contributed by atoms with van der Waals surface area (Å²) in [5.41, 5.74) is 2.84. The van der Waals surface area contributed by atoms with Crippen LogP contribution in [0.3, 0.4) is 0 Å². The highest BCUT2D eigenvalue weighted by Gasteiger charge is 2.25. The highest BCUT2D eigenvalue weighted by atomic mass is 35.5. The van der Waals surface area contributed by atoms with Crippen LogP contribution >= 0.6 is 22.9 Å². The van der Waals surface area contributed by atoms with Crippen LogP contribution in [-0.2, 0) is 0 Å². The number of rotatable bonds is 6. The van der Waals surface area contributed by atoms with Crippen LogP contribution in [0.4, 0.5) is 15.2 Å². The number of carbonyl (C=O) groups excluding carboxylic acids is 1. The van der Waals surface area contributed by atoms with Crippen molar-refractivity contribution in [2.45, 2.75) is 25.3 Å². The summed E-state index contributed by atoms with van der Waals surface area (Å²) in [6.45, 7) is 2.21. The van der Waals surface area contributed by atoms with Gasteiger partial charge in [-0.15, -0.1) is 11.3 Å². The lowest BCUT2D eigenvalue weighted by molar-refractivity contribution is 0.0998. The second kappa shape index (κ2) is 9.77. The molecule has 1 N–H and O–H groups in total. The Kier molecular flexibility index (Phi) is 6.58. The number of aliphatic imine (C=N–C) groups is 1. The number of pyridine rings is 1. The van der Waals surface area contributed by atoms with Gasteiger partial charge in [0.1, 0.15) is 35.2 Å². The fourth-order valence-electron chi connectivity index (χ4n) is 4.05. The van der Waals surface area contributed by atoms with Crippen molar-refractivity contribution in [2.24, 2.45) is 4.99 Å². The normalized spacial score (nSPS) is 16.8. The first-order chi connectivity index (χ1) is 16.5. The van der Waals surface area contributed by atoms with Gasteiger partial charge in [0.2, 0.25) is 0 Å². The number of carbonyl (C=O) groups is 1. The molecule has 7 nitrogen and oxygen atoms in total. The molecule has 2 aliphatic heterocycles. The van der Waals surface area contributed by atoms with Crippen molar-refractivity contribution in [1.82, 2.24) is 14.9 Å². The number of hydrogen-bond donors (Lipinski definition) is 1. The molecule has 0 amide bonds. The summed E-state index contributed by atoms with van der Waals surface area (Å²) in [5, 5.41) is 6.28. The van der Waals surface area contributed by atoms with Crippen molar-refractivity contribution in [2.75, 3.05) is 32.1 Å². The molecule has 0 unspecified atom stereocenters. The Morgan fingerprint density at radius 3 is 2.91 bits per heavy atom. The van der Waals surface area contributed by atoms with Crippen LogP contribution in [0, 0.1) is 5.82 Å². The fraction of sp³-hybridized carbons (Fsp3) is 0.333. The molecule has 2 aromatic heterocycles. The standard InChI is InChI=1S/C24H23ClFN5O2S/c1-31-8-5-14(6-9-31)29-24-30-20(13-34-24)23-22-17(4-7-27-23)21(32)10-15(28-22)12-33-16-2-3-19(26)18(25)11-16/h2-4,7,11,13-14H,5-6,8-10,12H2,1H3,(H,29,30). The summed E-state index contributed by atoms with van der Waals surface area (Å²) in [6.07, 6.45) is 3.91. The summed E-state index contributed by atoms with van der Waals surface area (Å²) in [7, 11) is 2.14. The zero-order valence-corrected chi connectivity index (χ0v) is 20.1. The number of nitrogens with zero attached hydrogens (tertiary/aromatic N) is 4. The SMILES string of the molecule is CN1CCC(Nc2nc(-c3nccc4c3N=C(COc3ccc(F)c(Cl)c3)CC4=O)cs2)CC1. The minimum Gasteiger partial charge on any atom is -0.488 e. The Labute approximate surface area is 205 Å². The first-order valence-electron chi connectivity index (χ1n) is 11.0. The molecule has 2 aliphatic rings. The molecule has 10 heteroatoms. The third-order valence-corrected chi connectivity index (χ3v) is 7.01. The Hall–Kier alpha value is -2.88. The van der Waals surface area contributed by atoms with E-state index in [9.17, 15) is 9.18 Å². The second-order valence-electron chi connectivity index (χ2n) is 8.46. The van der Waals surface area contributed by atoms with E-state index in [0.29, 0.717) is 40.1 Å². The molecule has 0 saturated carbocycles. The lowest BCUT2D eigenvalue weighted by Crippen LogP contribution is -2.36. The maximum Gasteiger partial charge on any atom is 0.183 e. The summed E-state index contributed by atoms with van der Waals surface area (Å²) >= 11 is 7.35. The van der Waals surface area contributed by atoms with E-state index in [1.54, 1.807) is 12.3 Å². The van der Waals surface area contributed by atoms with Gasteiger partial charge in [-0.2, -0.15) is 0 Å². The number of piperidine rings is 1. The first-order valence-corrected chi connectivity index (χ1v) is 12.3. The highest BCUT2D eigenvalue weighted by Crippen LogP contribution is 2.36. The molecule has 1 aromatic carbocycles. The summed E-state index contributed by atoms with van der Waals surface area (Å²) < 4.78 is 19.1. The van der Waals surface area contributed by atoms with Gasteiger partial charge in [-0.3, -0.25) is 14.8 Å². The van der Waals surface area contributed by atoms with Crippen molar-refractivity contribution in [3.63, 3.8) is 0 Å². The number of aromatic nitrogens is 2. The molecule has 0 atom stereocenters. The van der Waals surface area contributed by atoms with Crippen molar-refractivity contribution in [3.05, 3.63) is 52.2 Å². The number of nitrogens with one attached hydrogen (secondary N) is 1. The number of ether oxygens (including phenoxy) is 1. The topological polar surface area (TPSA) is 79.7 Å². The van der Waals surface area contributed by atoms with E-state index in [0.717, 1.165) is 31.1 Å². The Morgan fingerprint density at radius 2 is 2.12 bits per heavy atom. The van der Waals surface area contributed by atoms with Crippen LogP contribution < -0.4 is 10.1 Å². The largest absolute Gasteiger partial charge is 0.488 e. The van der Waals surface area contributed by atoms with Gasteiger partial charge in [0, 0.05) is 29.2 Å². The lowest BCUT2D eigenvalue weighted by atomic mass is 9.99. The van der Waals surface area contributed by atoms with Crippen molar-refractivity contribution >= 4 is 45.3 Å². The zero-order chi connectivity index (χ0) is 23.7. The molecule has 4 heterocycles. The molecule has 176 valence electrons.